The molecule has 3 aromatic rings. The Hall–Kier alpha value is -3.13. The minimum absolute atomic E-state index is 0.175. The van der Waals surface area contributed by atoms with Gasteiger partial charge in [0.05, 0.1) is 18.8 Å². The van der Waals surface area contributed by atoms with Crippen LogP contribution in [0.3, 0.4) is 0 Å². The Labute approximate surface area is 176 Å². The average molecular weight is 458 g/mol. The molecular weight excluding hydrogens is 438 g/mol. The van der Waals surface area contributed by atoms with Crippen LogP contribution in [-0.2, 0) is 9.53 Å². The van der Waals surface area contributed by atoms with E-state index in [2.05, 4.69) is 31.4 Å². The number of methoxy groups -OCH3 is 1. The van der Waals surface area contributed by atoms with Gasteiger partial charge >= 0.3 is 5.97 Å². The van der Waals surface area contributed by atoms with Crippen LogP contribution in [-0.4, -0.2) is 35.8 Å². The minimum atomic E-state index is -0.652. The van der Waals surface area contributed by atoms with Crippen LogP contribution in [0.25, 0.3) is 11.3 Å². The highest BCUT2D eigenvalue weighted by Crippen LogP contribution is 2.24. The number of hydrogen-bond donors (Lipinski definition) is 2. The molecule has 150 valence electrons. The van der Waals surface area contributed by atoms with Crippen molar-refractivity contribution >= 4 is 27.8 Å². The van der Waals surface area contributed by atoms with E-state index in [0.717, 1.165) is 15.6 Å². The minimum Gasteiger partial charge on any atom is -0.496 e. The second-order valence-corrected chi connectivity index (χ2v) is 7.20. The van der Waals surface area contributed by atoms with E-state index in [4.69, 9.17) is 9.47 Å². The molecule has 1 atom stereocenters. The number of carbonyl (C=O) groups is 2. The molecule has 2 N–H and O–H groups in total. The maximum atomic E-state index is 12.2. The smallest absolute Gasteiger partial charge is 0.356 e. The van der Waals surface area contributed by atoms with Gasteiger partial charge < -0.3 is 14.8 Å². The fourth-order valence-corrected chi connectivity index (χ4v) is 3.05. The zero-order chi connectivity index (χ0) is 20.8. The second-order valence-electron chi connectivity index (χ2n) is 6.28. The summed E-state index contributed by atoms with van der Waals surface area (Å²) in [5, 5.41) is 9.54. The van der Waals surface area contributed by atoms with Gasteiger partial charge in [-0.2, -0.15) is 5.10 Å². The molecular formula is C21H20BrN3O4. The van der Waals surface area contributed by atoms with Gasteiger partial charge in [-0.3, -0.25) is 9.89 Å². The largest absolute Gasteiger partial charge is 0.496 e. The van der Waals surface area contributed by atoms with Crippen LogP contribution in [0.1, 0.15) is 29.0 Å². The number of ether oxygens (including phenoxy) is 2. The number of nitrogens with zero attached hydrogens (tertiary/aromatic N) is 1. The number of rotatable bonds is 7. The number of carbonyl (C=O) groups excluding carboxylic acids is 2. The lowest BCUT2D eigenvalue weighted by atomic mass is 10.1. The molecule has 8 heteroatoms. The molecule has 0 saturated heterocycles. The molecule has 0 aliphatic carbocycles. The van der Waals surface area contributed by atoms with Crippen molar-refractivity contribution in [3.05, 3.63) is 70.3 Å². The maximum Gasteiger partial charge on any atom is 0.356 e. The van der Waals surface area contributed by atoms with Gasteiger partial charge in [-0.15, -0.1) is 0 Å². The average Bonchev–Trinajstić information content (AvgIpc) is 3.22. The predicted octanol–water partition coefficient (Wildman–Crippen LogP) is 3.88. The Morgan fingerprint density at radius 2 is 1.90 bits per heavy atom. The third-order valence-corrected chi connectivity index (χ3v) is 4.78. The predicted molar refractivity (Wildman–Crippen MR) is 112 cm³/mol. The monoisotopic (exact) mass is 457 g/mol. The van der Waals surface area contributed by atoms with Crippen LogP contribution < -0.4 is 10.1 Å². The van der Waals surface area contributed by atoms with Gasteiger partial charge in [-0.05, 0) is 31.2 Å². The lowest BCUT2D eigenvalue weighted by Crippen LogP contribution is -2.31. The maximum absolute atomic E-state index is 12.2. The summed E-state index contributed by atoms with van der Waals surface area (Å²) in [6, 6.07) is 16.2. The zero-order valence-corrected chi connectivity index (χ0v) is 17.5. The van der Waals surface area contributed by atoms with E-state index < -0.39 is 18.5 Å². The second kappa shape index (κ2) is 9.38. The number of amides is 1. The van der Waals surface area contributed by atoms with Crippen LogP contribution in [0, 0.1) is 0 Å². The molecule has 7 nitrogen and oxygen atoms in total. The highest BCUT2D eigenvalue weighted by molar-refractivity contribution is 9.10. The lowest BCUT2D eigenvalue weighted by Gasteiger charge is -2.17. The lowest BCUT2D eigenvalue weighted by molar-refractivity contribution is -0.124. The first-order valence-electron chi connectivity index (χ1n) is 8.88. The summed E-state index contributed by atoms with van der Waals surface area (Å²) in [7, 11) is 1.57. The van der Waals surface area contributed by atoms with Crippen molar-refractivity contribution in [3.63, 3.8) is 0 Å². The molecule has 2 aromatic carbocycles. The third kappa shape index (κ3) is 5.23. The summed E-state index contributed by atoms with van der Waals surface area (Å²) in [5.41, 5.74) is 2.47. The SMILES string of the molecule is COc1ccccc1C(C)NC(=O)COC(=O)c1cc(-c2ccc(Br)cc2)n[nH]1. The molecule has 29 heavy (non-hydrogen) atoms. The molecule has 0 aliphatic rings. The van der Waals surface area contributed by atoms with E-state index >= 15 is 0 Å². The van der Waals surface area contributed by atoms with Gasteiger partial charge in [0.2, 0.25) is 0 Å². The van der Waals surface area contributed by atoms with Gasteiger partial charge in [0, 0.05) is 15.6 Å². The molecule has 1 heterocycles. The summed E-state index contributed by atoms with van der Waals surface area (Å²) < 4.78 is 11.3. The summed E-state index contributed by atoms with van der Waals surface area (Å²) >= 11 is 3.37. The first-order chi connectivity index (χ1) is 14.0. The summed E-state index contributed by atoms with van der Waals surface area (Å²) in [6.07, 6.45) is 0. The van der Waals surface area contributed by atoms with Crippen molar-refractivity contribution in [1.82, 2.24) is 15.5 Å². The normalized spacial score (nSPS) is 11.6. The molecule has 0 fully saturated rings. The Bertz CT molecular complexity index is 1000. The zero-order valence-electron chi connectivity index (χ0n) is 15.9. The van der Waals surface area contributed by atoms with Gasteiger partial charge in [-0.1, -0.05) is 46.3 Å². The number of aromatic amines is 1. The topological polar surface area (TPSA) is 93.3 Å². The van der Waals surface area contributed by atoms with Crippen LogP contribution in [0.5, 0.6) is 5.75 Å². The van der Waals surface area contributed by atoms with Crippen molar-refractivity contribution in [2.45, 2.75) is 13.0 Å². The van der Waals surface area contributed by atoms with Crippen molar-refractivity contribution in [3.8, 4) is 17.0 Å². The molecule has 0 aliphatic heterocycles. The number of para-hydroxylation sites is 1. The quantitative estimate of drug-likeness (QED) is 0.525. The highest BCUT2D eigenvalue weighted by Gasteiger charge is 2.17. The first kappa shape index (κ1) is 20.6. The van der Waals surface area contributed by atoms with Crippen molar-refractivity contribution in [2.24, 2.45) is 0 Å². The fraction of sp³-hybridized carbons (Fsp3) is 0.190. The van der Waals surface area contributed by atoms with Crippen molar-refractivity contribution < 1.29 is 19.1 Å². The third-order valence-electron chi connectivity index (χ3n) is 4.26. The van der Waals surface area contributed by atoms with Crippen molar-refractivity contribution in [2.75, 3.05) is 13.7 Å². The van der Waals surface area contributed by atoms with E-state index in [1.165, 1.54) is 0 Å². The molecule has 0 radical (unpaired) electrons. The van der Waals surface area contributed by atoms with Gasteiger partial charge in [-0.25, -0.2) is 4.79 Å². The highest BCUT2D eigenvalue weighted by atomic mass is 79.9. The van der Waals surface area contributed by atoms with Crippen LogP contribution in [0.15, 0.2) is 59.1 Å². The fourth-order valence-electron chi connectivity index (χ4n) is 2.79. The number of aromatic nitrogens is 2. The molecule has 1 aromatic heterocycles. The van der Waals surface area contributed by atoms with E-state index in [-0.39, 0.29) is 11.7 Å². The Kier molecular flexibility index (Phi) is 6.66. The number of benzene rings is 2. The van der Waals surface area contributed by atoms with Crippen LogP contribution in [0.4, 0.5) is 0 Å². The number of H-pyrrole nitrogens is 1. The molecule has 1 amide bonds. The van der Waals surface area contributed by atoms with E-state index in [0.29, 0.717) is 11.4 Å². The number of nitrogens with one attached hydrogen (secondary N) is 2. The number of halogens is 1. The molecule has 3 rings (SSSR count). The Morgan fingerprint density at radius 3 is 2.62 bits per heavy atom. The standard InChI is InChI=1S/C21H20BrN3O4/c1-13(16-5-3-4-6-19(16)28-2)23-20(26)12-29-21(27)18-11-17(24-25-18)14-7-9-15(22)10-8-14/h3-11,13H,12H2,1-2H3,(H,23,26)(H,24,25). The van der Waals surface area contributed by atoms with E-state index in [1.54, 1.807) is 13.2 Å². The van der Waals surface area contributed by atoms with Gasteiger partial charge in [0.25, 0.3) is 5.91 Å². The van der Waals surface area contributed by atoms with E-state index in [9.17, 15) is 9.59 Å². The summed E-state index contributed by atoms with van der Waals surface area (Å²) in [6.45, 7) is 1.43. The Morgan fingerprint density at radius 1 is 1.17 bits per heavy atom. The van der Waals surface area contributed by atoms with Gasteiger partial charge in [0.1, 0.15) is 11.4 Å². The summed E-state index contributed by atoms with van der Waals surface area (Å²) in [4.78, 5) is 24.4. The number of esters is 1. The molecule has 0 bridgehead atoms. The molecule has 0 spiro atoms. The molecule has 1 unspecified atom stereocenters. The molecule has 0 saturated carbocycles. The first-order valence-corrected chi connectivity index (χ1v) is 9.68. The Balaban J connectivity index is 1.55. The van der Waals surface area contributed by atoms with Crippen LogP contribution >= 0.6 is 15.9 Å². The summed E-state index contributed by atoms with van der Waals surface area (Å²) in [5.74, 6) is -0.388. The van der Waals surface area contributed by atoms with Crippen molar-refractivity contribution in [1.29, 1.82) is 0 Å². The van der Waals surface area contributed by atoms with E-state index in [1.807, 2.05) is 55.5 Å². The van der Waals surface area contributed by atoms with Crippen LogP contribution in [0.2, 0.25) is 0 Å². The van der Waals surface area contributed by atoms with Gasteiger partial charge in [0.15, 0.2) is 6.61 Å². The number of hydrogen-bond acceptors (Lipinski definition) is 5.